The van der Waals surface area contributed by atoms with Crippen LogP contribution in [0.15, 0.2) is 47.1 Å². The fourth-order valence-corrected chi connectivity index (χ4v) is 11.2. The molecule has 0 fully saturated rings. The number of halogens is 3. The summed E-state index contributed by atoms with van der Waals surface area (Å²) in [7, 11) is -1.95. The van der Waals surface area contributed by atoms with Gasteiger partial charge in [-0.1, -0.05) is 0 Å². The van der Waals surface area contributed by atoms with Gasteiger partial charge >= 0.3 is 181 Å². The number of hydrogen-bond acceptors (Lipinski definition) is 0. The second-order valence-corrected chi connectivity index (χ2v) is 14.5. The normalized spacial score (nSPS) is 25.9. The molecule has 0 bridgehead atoms. The van der Waals surface area contributed by atoms with Crippen LogP contribution in [0.5, 0.6) is 0 Å². The molecule has 0 N–H and O–H groups in total. The molecule has 0 aromatic heterocycles. The van der Waals surface area contributed by atoms with Gasteiger partial charge in [0.15, 0.2) is 0 Å². The number of fused-ring (bicyclic) bond motifs is 5. The van der Waals surface area contributed by atoms with Gasteiger partial charge in [-0.3, -0.25) is 0 Å². The average molecular weight is 495 g/mol. The van der Waals surface area contributed by atoms with Gasteiger partial charge in [0, 0.05) is 0 Å². The van der Waals surface area contributed by atoms with Crippen LogP contribution >= 0.6 is 11.1 Å². The maximum atomic E-state index is 7.37. The minimum atomic E-state index is -1.95. The van der Waals surface area contributed by atoms with Crippen LogP contribution in [0.3, 0.4) is 0 Å². The number of allylic oxidation sites excluding steroid dienone is 4. The summed E-state index contributed by atoms with van der Waals surface area (Å²) in [5.74, 6) is 0.494. The van der Waals surface area contributed by atoms with Crippen molar-refractivity contribution in [3.8, 4) is 11.1 Å². The summed E-state index contributed by atoms with van der Waals surface area (Å²) in [6.07, 6.45) is 0. The quantitative estimate of drug-likeness (QED) is 0.398. The summed E-state index contributed by atoms with van der Waals surface area (Å²) in [6.45, 7) is 11.5. The molecule has 2 aromatic rings. The molecular formula is C24H24Cl3SiTi. The van der Waals surface area contributed by atoms with Crippen LogP contribution in [-0.4, -0.2) is 7.38 Å². The third-order valence-electron chi connectivity index (χ3n) is 7.37. The minimum Gasteiger partial charge on any atom is -1.00 e. The first-order valence-corrected chi connectivity index (χ1v) is 14.0. The van der Waals surface area contributed by atoms with E-state index in [4.69, 9.17) is 11.1 Å². The van der Waals surface area contributed by atoms with E-state index in [0.717, 1.165) is 6.04 Å². The Bertz CT molecular complexity index is 1100. The smallest absolute Gasteiger partial charge is 1.00 e. The van der Waals surface area contributed by atoms with Crippen molar-refractivity contribution in [2.75, 3.05) is 0 Å². The van der Waals surface area contributed by atoms with E-state index in [-0.39, 0.29) is 24.8 Å². The van der Waals surface area contributed by atoms with Crippen LogP contribution in [0.25, 0.3) is 16.7 Å². The molecule has 3 unspecified atom stereocenters. The van der Waals surface area contributed by atoms with Crippen molar-refractivity contribution in [1.29, 1.82) is 0 Å². The van der Waals surface area contributed by atoms with Gasteiger partial charge in [0.1, 0.15) is 0 Å². The van der Waals surface area contributed by atoms with Gasteiger partial charge < -0.3 is 24.8 Å². The molecule has 1 heterocycles. The Morgan fingerprint density at radius 3 is 2.21 bits per heavy atom. The Kier molecular flexibility index (Phi) is 6.20. The fraction of sp³-hybridized carbons (Fsp3) is 0.333. The maximum absolute atomic E-state index is 7.37. The number of rotatable bonds is 2. The molecule has 0 saturated heterocycles. The first-order valence-electron chi connectivity index (χ1n) is 9.93. The summed E-state index contributed by atoms with van der Waals surface area (Å²) < 4.78 is 0.469. The van der Waals surface area contributed by atoms with Gasteiger partial charge in [-0.2, -0.15) is 0 Å². The molecule has 0 radical (unpaired) electrons. The molecule has 5 heteroatoms. The topological polar surface area (TPSA) is 0 Å². The van der Waals surface area contributed by atoms with Crippen molar-refractivity contribution in [3.05, 3.63) is 63.7 Å². The fourth-order valence-electron chi connectivity index (χ4n) is 5.46. The van der Waals surface area contributed by atoms with E-state index in [1.165, 1.54) is 44.5 Å². The maximum Gasteiger partial charge on any atom is -1.00 e. The average Bonchev–Trinajstić information content (AvgIpc) is 3.14. The molecule has 0 amide bonds. The first kappa shape index (κ1) is 23.4. The molecule has 149 valence electrons. The summed E-state index contributed by atoms with van der Waals surface area (Å²) >= 11 is 9.73. The van der Waals surface area contributed by atoms with Crippen molar-refractivity contribution in [3.63, 3.8) is 0 Å². The summed E-state index contributed by atoms with van der Waals surface area (Å²) in [5, 5.41) is 3.12. The largest absolute Gasteiger partial charge is 1.00 e. The van der Waals surface area contributed by atoms with E-state index in [1.54, 1.807) is 15.9 Å². The van der Waals surface area contributed by atoms with Crippen molar-refractivity contribution < 1.29 is 45.2 Å². The zero-order valence-corrected chi connectivity index (χ0v) is 22.2. The van der Waals surface area contributed by atoms with Gasteiger partial charge in [-0.25, -0.2) is 0 Å². The summed E-state index contributed by atoms with van der Waals surface area (Å²) in [6, 6.07) is 12.6. The van der Waals surface area contributed by atoms with E-state index in [0.29, 0.717) is 10.1 Å². The zero-order valence-electron chi connectivity index (χ0n) is 17.4. The molecule has 0 nitrogen and oxygen atoms in total. The van der Waals surface area contributed by atoms with Crippen LogP contribution in [-0.2, 0) is 20.4 Å². The predicted octanol–water partition coefficient (Wildman–Crippen LogP) is -0.297. The van der Waals surface area contributed by atoms with Crippen molar-refractivity contribution >= 4 is 34.4 Å². The van der Waals surface area contributed by atoms with Crippen molar-refractivity contribution in [2.45, 2.75) is 44.9 Å². The molecule has 2 aromatic carbocycles. The van der Waals surface area contributed by atoms with E-state index in [1.807, 2.05) is 0 Å². The SMILES string of the molecule is CC[Si]1(Cl)c2c(C3=C(C)C(C)=C(C)C3C)cc3c(c21)[CH]([Ti+2])c1ccccc1-3.[Cl-].[Cl-]. The van der Waals surface area contributed by atoms with Crippen LogP contribution in [0, 0.1) is 5.92 Å². The molecule has 0 saturated carbocycles. The van der Waals surface area contributed by atoms with Gasteiger partial charge in [0.25, 0.3) is 0 Å². The molecule has 29 heavy (non-hydrogen) atoms. The van der Waals surface area contributed by atoms with Gasteiger partial charge in [0.05, 0.1) is 0 Å². The molecule has 3 atom stereocenters. The van der Waals surface area contributed by atoms with Gasteiger partial charge in [-0.15, -0.1) is 0 Å². The summed E-state index contributed by atoms with van der Waals surface area (Å²) in [5.41, 5.74) is 13.3. The predicted molar refractivity (Wildman–Crippen MR) is 115 cm³/mol. The van der Waals surface area contributed by atoms with Crippen LogP contribution in [0.2, 0.25) is 6.04 Å². The molecule has 5 rings (SSSR count). The number of benzene rings is 2. The molecule has 2 aliphatic carbocycles. The van der Waals surface area contributed by atoms with E-state index in [9.17, 15) is 0 Å². The molecule has 0 spiro atoms. The Morgan fingerprint density at radius 2 is 1.62 bits per heavy atom. The monoisotopic (exact) mass is 493 g/mol. The minimum absolute atomic E-state index is 0. The van der Waals surface area contributed by atoms with E-state index >= 15 is 0 Å². The number of hydrogen-bond donors (Lipinski definition) is 0. The first-order chi connectivity index (χ1) is 12.8. The van der Waals surface area contributed by atoms with Crippen LogP contribution < -0.4 is 35.2 Å². The van der Waals surface area contributed by atoms with Crippen molar-refractivity contribution in [1.82, 2.24) is 0 Å². The zero-order chi connectivity index (χ0) is 19.2. The second kappa shape index (κ2) is 7.69. The third kappa shape index (κ3) is 2.89. The Morgan fingerprint density at radius 1 is 0.966 bits per heavy atom. The Balaban J connectivity index is 0.00000120. The van der Waals surface area contributed by atoms with Gasteiger partial charge in [0.2, 0.25) is 0 Å². The molecular weight excluding hydrogens is 471 g/mol. The van der Waals surface area contributed by atoms with Crippen molar-refractivity contribution in [2.24, 2.45) is 5.92 Å². The van der Waals surface area contributed by atoms with Crippen LogP contribution in [0.1, 0.15) is 55.5 Å². The third-order valence-corrected chi connectivity index (χ3v) is 13.6. The van der Waals surface area contributed by atoms with E-state index in [2.05, 4.69) is 85.4 Å². The van der Waals surface area contributed by atoms with Gasteiger partial charge in [-0.05, 0) is 0 Å². The van der Waals surface area contributed by atoms with Crippen LogP contribution in [0.4, 0.5) is 0 Å². The Labute approximate surface area is 204 Å². The molecule has 1 aliphatic heterocycles. The summed E-state index contributed by atoms with van der Waals surface area (Å²) in [4.78, 5) is 0. The Hall–Kier alpha value is -0.279. The molecule has 3 aliphatic rings. The standard InChI is InChI=1S/C24H24ClSi.2ClH.Ti/c1-6-26(25)23-20-11-17-9-7-8-10-18(17)19(20)12-21(24(23)26)22-15(4)13(2)14(3)16(22)5;;;/h7-12,15H,6H2,1-5H3;2*1H;/q;;;+2/p-2. The van der Waals surface area contributed by atoms with E-state index < -0.39 is 7.38 Å². The second-order valence-electron chi connectivity index (χ2n) is 8.38.